The van der Waals surface area contributed by atoms with Gasteiger partial charge in [0, 0.05) is 24.1 Å². The van der Waals surface area contributed by atoms with Gasteiger partial charge in [0.15, 0.2) is 12.7 Å². The first-order valence-electron chi connectivity index (χ1n) is 4.09. The number of para-hydroxylation sites is 1. The Morgan fingerprint density at radius 2 is 2.15 bits per heavy atom. The van der Waals surface area contributed by atoms with Gasteiger partial charge in [-0.3, -0.25) is 0 Å². The predicted octanol–water partition coefficient (Wildman–Crippen LogP) is 2.15. The standard InChI is InChI=1S/C10H11NO2/c1-12-7-13-10-6-8-4-2-3-5-9(8)11-10/h2-6,11H,7H2,1H3. The summed E-state index contributed by atoms with van der Waals surface area (Å²) >= 11 is 0. The molecule has 0 saturated carbocycles. The van der Waals surface area contributed by atoms with Crippen molar-refractivity contribution in [2.24, 2.45) is 0 Å². The number of aromatic amines is 1. The van der Waals surface area contributed by atoms with Crippen molar-refractivity contribution >= 4 is 10.9 Å². The number of aromatic nitrogens is 1. The summed E-state index contributed by atoms with van der Waals surface area (Å²) in [5, 5.41) is 1.15. The van der Waals surface area contributed by atoms with Crippen LogP contribution in [0.1, 0.15) is 0 Å². The first kappa shape index (κ1) is 8.13. The molecule has 0 saturated heterocycles. The largest absolute Gasteiger partial charge is 0.452 e. The molecule has 0 fully saturated rings. The SMILES string of the molecule is COCOc1cc2ccccc2[nH]1. The molecule has 0 bridgehead atoms. The molecule has 0 aliphatic rings. The van der Waals surface area contributed by atoms with Crippen LogP contribution in [0.2, 0.25) is 0 Å². The van der Waals surface area contributed by atoms with Gasteiger partial charge in [0.05, 0.1) is 0 Å². The molecule has 68 valence electrons. The third-order valence-corrected chi connectivity index (χ3v) is 1.84. The third kappa shape index (κ3) is 1.65. The van der Waals surface area contributed by atoms with E-state index in [2.05, 4.69) is 4.98 Å². The first-order valence-corrected chi connectivity index (χ1v) is 4.09. The van der Waals surface area contributed by atoms with Gasteiger partial charge in [-0.15, -0.1) is 0 Å². The minimum Gasteiger partial charge on any atom is -0.452 e. The fourth-order valence-electron chi connectivity index (χ4n) is 1.25. The Morgan fingerprint density at radius 3 is 2.92 bits per heavy atom. The van der Waals surface area contributed by atoms with Crippen LogP contribution >= 0.6 is 0 Å². The summed E-state index contributed by atoms with van der Waals surface area (Å²) in [4.78, 5) is 3.13. The number of fused-ring (bicyclic) bond motifs is 1. The maximum Gasteiger partial charge on any atom is 0.194 e. The molecule has 13 heavy (non-hydrogen) atoms. The molecular formula is C10H11NO2. The molecule has 1 N–H and O–H groups in total. The van der Waals surface area contributed by atoms with Crippen LogP contribution in [0.5, 0.6) is 5.88 Å². The van der Waals surface area contributed by atoms with E-state index in [1.165, 1.54) is 0 Å². The molecule has 0 radical (unpaired) electrons. The van der Waals surface area contributed by atoms with Gasteiger partial charge in [-0.25, -0.2) is 0 Å². The molecule has 0 unspecified atom stereocenters. The van der Waals surface area contributed by atoms with Crippen molar-refractivity contribution in [1.29, 1.82) is 0 Å². The summed E-state index contributed by atoms with van der Waals surface area (Å²) in [7, 11) is 1.60. The molecule has 3 heteroatoms. The molecular weight excluding hydrogens is 166 g/mol. The minimum atomic E-state index is 0.271. The Kier molecular flexibility index (Phi) is 2.19. The van der Waals surface area contributed by atoms with Gasteiger partial charge >= 0.3 is 0 Å². The highest BCUT2D eigenvalue weighted by Gasteiger charge is 1.98. The molecule has 0 aliphatic carbocycles. The van der Waals surface area contributed by atoms with Crippen molar-refractivity contribution in [3.63, 3.8) is 0 Å². The molecule has 2 rings (SSSR count). The lowest BCUT2D eigenvalue weighted by atomic mass is 10.3. The van der Waals surface area contributed by atoms with Crippen molar-refractivity contribution in [2.75, 3.05) is 13.9 Å². The summed E-state index contributed by atoms with van der Waals surface area (Å²) in [5.41, 5.74) is 1.08. The zero-order valence-electron chi connectivity index (χ0n) is 7.41. The van der Waals surface area contributed by atoms with Crippen LogP contribution in [0.4, 0.5) is 0 Å². The minimum absolute atomic E-state index is 0.271. The Labute approximate surface area is 76.3 Å². The molecule has 0 atom stereocenters. The number of hydrogen-bond donors (Lipinski definition) is 1. The summed E-state index contributed by atoms with van der Waals surface area (Å²) < 4.78 is 10.1. The molecule has 1 aromatic heterocycles. The fraction of sp³-hybridized carbons (Fsp3) is 0.200. The van der Waals surface area contributed by atoms with E-state index < -0.39 is 0 Å². The zero-order valence-corrected chi connectivity index (χ0v) is 7.41. The molecule has 3 nitrogen and oxygen atoms in total. The average molecular weight is 177 g/mol. The van der Waals surface area contributed by atoms with E-state index in [0.29, 0.717) is 0 Å². The first-order chi connectivity index (χ1) is 6.40. The van der Waals surface area contributed by atoms with Gasteiger partial charge < -0.3 is 14.5 Å². The maximum atomic E-state index is 5.26. The summed E-state index contributed by atoms with van der Waals surface area (Å²) in [5.74, 6) is 0.739. The molecule has 0 amide bonds. The van der Waals surface area contributed by atoms with Crippen molar-refractivity contribution < 1.29 is 9.47 Å². The fourth-order valence-corrected chi connectivity index (χ4v) is 1.25. The second-order valence-electron chi connectivity index (χ2n) is 2.77. The van der Waals surface area contributed by atoms with Crippen molar-refractivity contribution in [2.45, 2.75) is 0 Å². The highest BCUT2D eigenvalue weighted by Crippen LogP contribution is 2.19. The number of rotatable bonds is 3. The second-order valence-corrected chi connectivity index (χ2v) is 2.77. The lowest BCUT2D eigenvalue weighted by molar-refractivity contribution is 0.0484. The van der Waals surface area contributed by atoms with Crippen LogP contribution in [0.25, 0.3) is 10.9 Å². The Morgan fingerprint density at radius 1 is 1.31 bits per heavy atom. The third-order valence-electron chi connectivity index (χ3n) is 1.84. The second kappa shape index (κ2) is 3.49. The van der Waals surface area contributed by atoms with Crippen LogP contribution in [-0.2, 0) is 4.74 Å². The topological polar surface area (TPSA) is 34.2 Å². The van der Waals surface area contributed by atoms with E-state index in [1.54, 1.807) is 7.11 Å². The molecule has 2 aromatic rings. The summed E-state index contributed by atoms with van der Waals surface area (Å²) in [6, 6.07) is 9.98. The van der Waals surface area contributed by atoms with Crippen LogP contribution in [0.3, 0.4) is 0 Å². The number of methoxy groups -OCH3 is 1. The molecule has 1 heterocycles. The smallest absolute Gasteiger partial charge is 0.194 e. The van der Waals surface area contributed by atoms with Gasteiger partial charge in [-0.1, -0.05) is 18.2 Å². The van der Waals surface area contributed by atoms with Crippen LogP contribution < -0.4 is 4.74 Å². The molecule has 1 aromatic carbocycles. The van der Waals surface area contributed by atoms with E-state index >= 15 is 0 Å². The maximum absolute atomic E-state index is 5.26. The van der Waals surface area contributed by atoms with Crippen LogP contribution in [0.15, 0.2) is 30.3 Å². The predicted molar refractivity (Wildman–Crippen MR) is 50.8 cm³/mol. The lowest BCUT2D eigenvalue weighted by Crippen LogP contribution is -1.98. The monoisotopic (exact) mass is 177 g/mol. The highest BCUT2D eigenvalue weighted by molar-refractivity contribution is 5.81. The Bertz CT molecular complexity index is 361. The Hall–Kier alpha value is -1.48. The molecule has 0 spiro atoms. The van der Waals surface area contributed by atoms with Crippen molar-refractivity contribution in [3.8, 4) is 5.88 Å². The number of nitrogens with one attached hydrogen (secondary N) is 1. The average Bonchev–Trinajstić information content (AvgIpc) is 2.57. The number of hydrogen-bond acceptors (Lipinski definition) is 2. The van der Waals surface area contributed by atoms with Crippen molar-refractivity contribution in [1.82, 2.24) is 4.98 Å². The van der Waals surface area contributed by atoms with Gasteiger partial charge in [-0.05, 0) is 6.07 Å². The number of H-pyrrole nitrogens is 1. The van der Waals surface area contributed by atoms with E-state index in [-0.39, 0.29) is 6.79 Å². The van der Waals surface area contributed by atoms with Crippen LogP contribution in [-0.4, -0.2) is 18.9 Å². The van der Waals surface area contributed by atoms with Crippen LogP contribution in [0, 0.1) is 0 Å². The summed E-state index contributed by atoms with van der Waals surface area (Å²) in [6.07, 6.45) is 0. The quantitative estimate of drug-likeness (QED) is 0.729. The lowest BCUT2D eigenvalue weighted by Gasteiger charge is -1.99. The van der Waals surface area contributed by atoms with Gasteiger partial charge in [0.1, 0.15) is 0 Å². The van der Waals surface area contributed by atoms with E-state index in [4.69, 9.17) is 9.47 Å². The van der Waals surface area contributed by atoms with E-state index in [9.17, 15) is 0 Å². The van der Waals surface area contributed by atoms with E-state index in [1.807, 2.05) is 30.3 Å². The van der Waals surface area contributed by atoms with Gasteiger partial charge in [0.25, 0.3) is 0 Å². The Balaban J connectivity index is 2.28. The van der Waals surface area contributed by atoms with Gasteiger partial charge in [-0.2, -0.15) is 0 Å². The van der Waals surface area contributed by atoms with Gasteiger partial charge in [0.2, 0.25) is 0 Å². The van der Waals surface area contributed by atoms with Crippen molar-refractivity contribution in [3.05, 3.63) is 30.3 Å². The van der Waals surface area contributed by atoms with E-state index in [0.717, 1.165) is 16.8 Å². The highest BCUT2D eigenvalue weighted by atomic mass is 16.7. The number of benzene rings is 1. The normalized spacial score (nSPS) is 10.5. The zero-order chi connectivity index (χ0) is 9.10. The molecule has 0 aliphatic heterocycles. The number of ether oxygens (including phenoxy) is 2. The summed E-state index contributed by atoms with van der Waals surface area (Å²) in [6.45, 7) is 0.271.